The van der Waals surface area contributed by atoms with Crippen molar-refractivity contribution >= 4 is 0 Å². The predicted octanol–water partition coefficient (Wildman–Crippen LogP) is 2.89. The molecule has 0 aliphatic heterocycles. The first kappa shape index (κ1) is 9.98. The van der Waals surface area contributed by atoms with Crippen LogP contribution in [0.2, 0.25) is 0 Å². The van der Waals surface area contributed by atoms with Gasteiger partial charge in [0, 0.05) is 0 Å². The van der Waals surface area contributed by atoms with Gasteiger partial charge < -0.3 is 0 Å². The van der Waals surface area contributed by atoms with Gasteiger partial charge in [-0.15, -0.1) is 4.48 Å². The molecule has 0 amide bonds. The van der Waals surface area contributed by atoms with Crippen LogP contribution in [-0.4, -0.2) is 11.4 Å². The van der Waals surface area contributed by atoms with Crippen LogP contribution in [0.15, 0.2) is 30.3 Å². The molecule has 0 aliphatic rings. The van der Waals surface area contributed by atoms with E-state index in [1.165, 1.54) is 12.1 Å². The van der Waals surface area contributed by atoms with Crippen LogP contribution in [0, 0.1) is 0 Å². The summed E-state index contributed by atoms with van der Waals surface area (Å²) in [7, 11) is 0. The third-order valence-electron chi connectivity index (χ3n) is 1.44. The number of halogens is 4. The maximum absolute atomic E-state index is 12.3. The molecule has 13 heavy (non-hydrogen) atoms. The normalized spacial score (nSPS) is 12.1. The van der Waals surface area contributed by atoms with Gasteiger partial charge in [-0.1, -0.05) is 30.3 Å². The Hall–Kier alpha value is -1.10. The van der Waals surface area contributed by atoms with Crippen LogP contribution in [0.4, 0.5) is 17.7 Å². The lowest BCUT2D eigenvalue weighted by Crippen LogP contribution is -2.29. The van der Waals surface area contributed by atoms with Gasteiger partial charge >= 0.3 is 6.30 Å². The molecule has 72 valence electrons. The summed E-state index contributed by atoms with van der Waals surface area (Å²) < 4.78 is 47.4. The maximum Gasteiger partial charge on any atom is 0.487 e. The van der Waals surface area contributed by atoms with E-state index >= 15 is 0 Å². The van der Waals surface area contributed by atoms with E-state index in [1.54, 1.807) is 18.2 Å². The number of nitrogens with zero attached hydrogens (tertiary/aromatic N) is 1. The fraction of sp³-hybridized carbons (Fsp3) is 0.250. The molecule has 0 N–H and O–H groups in total. The van der Waals surface area contributed by atoms with Crippen LogP contribution in [-0.2, 0) is 6.54 Å². The summed E-state index contributed by atoms with van der Waals surface area (Å²) in [5, 5.41) is -1.15. The van der Waals surface area contributed by atoms with Crippen LogP contribution in [0.25, 0.3) is 0 Å². The molecular weight excluding hydrogens is 186 g/mol. The summed E-state index contributed by atoms with van der Waals surface area (Å²) in [5.41, 5.74) is 0.280. The van der Waals surface area contributed by atoms with Crippen molar-refractivity contribution in [3.63, 3.8) is 0 Å². The minimum absolute atomic E-state index is 0.280. The van der Waals surface area contributed by atoms with Crippen LogP contribution < -0.4 is 0 Å². The summed E-state index contributed by atoms with van der Waals surface area (Å²) in [4.78, 5) is 0. The van der Waals surface area contributed by atoms with Gasteiger partial charge in [0.1, 0.15) is 0 Å². The number of hydrogen-bond acceptors (Lipinski definition) is 1. The molecule has 1 nitrogen and oxygen atoms in total. The second kappa shape index (κ2) is 3.74. The summed E-state index contributed by atoms with van der Waals surface area (Å²) in [6.45, 7) is -0.773. The van der Waals surface area contributed by atoms with Gasteiger partial charge in [-0.3, -0.25) is 0 Å². The molecule has 5 heteroatoms. The van der Waals surface area contributed by atoms with Gasteiger partial charge in [0.05, 0.1) is 6.54 Å². The molecule has 0 spiro atoms. The zero-order valence-electron chi connectivity index (χ0n) is 6.55. The number of alkyl halides is 3. The van der Waals surface area contributed by atoms with Gasteiger partial charge in [-0.25, -0.2) is 0 Å². The van der Waals surface area contributed by atoms with E-state index in [4.69, 9.17) is 0 Å². The summed E-state index contributed by atoms with van der Waals surface area (Å²) >= 11 is 0. The molecule has 0 atom stereocenters. The van der Waals surface area contributed by atoms with Crippen molar-refractivity contribution in [2.45, 2.75) is 12.8 Å². The molecule has 1 aromatic carbocycles. The van der Waals surface area contributed by atoms with Crippen LogP contribution >= 0.6 is 0 Å². The van der Waals surface area contributed by atoms with Crippen molar-refractivity contribution in [1.29, 1.82) is 0 Å². The number of hydrogen-bond donors (Lipinski definition) is 0. The van der Waals surface area contributed by atoms with Crippen molar-refractivity contribution in [2.24, 2.45) is 0 Å². The Morgan fingerprint density at radius 3 is 2.08 bits per heavy atom. The van der Waals surface area contributed by atoms with Gasteiger partial charge in [0.15, 0.2) is 0 Å². The van der Waals surface area contributed by atoms with Gasteiger partial charge in [-0.05, 0) is 10.7 Å². The number of benzene rings is 1. The fourth-order valence-electron chi connectivity index (χ4n) is 0.833. The lowest BCUT2D eigenvalue weighted by atomic mass is 10.2. The Labute approximate surface area is 72.5 Å². The summed E-state index contributed by atoms with van der Waals surface area (Å²) in [6.07, 6.45) is -4.92. The average molecular weight is 193 g/mol. The zero-order valence-corrected chi connectivity index (χ0v) is 6.55. The van der Waals surface area contributed by atoms with E-state index in [0.717, 1.165) is 0 Å². The molecule has 1 rings (SSSR count). The first-order valence-corrected chi connectivity index (χ1v) is 3.54. The largest absolute Gasteiger partial charge is 0.487 e. The minimum Gasteiger partial charge on any atom is -0.153 e. The molecule has 0 saturated heterocycles. The van der Waals surface area contributed by atoms with E-state index in [0.29, 0.717) is 0 Å². The molecule has 0 aliphatic carbocycles. The highest BCUT2D eigenvalue weighted by Gasteiger charge is 2.37. The van der Waals surface area contributed by atoms with Crippen molar-refractivity contribution in [3.8, 4) is 0 Å². The van der Waals surface area contributed by atoms with E-state index in [1.807, 2.05) is 0 Å². The van der Waals surface area contributed by atoms with Gasteiger partial charge in [-0.2, -0.15) is 13.2 Å². The number of rotatable bonds is 2. The monoisotopic (exact) mass is 193 g/mol. The van der Waals surface area contributed by atoms with Crippen molar-refractivity contribution in [2.75, 3.05) is 0 Å². The molecule has 0 fully saturated rings. The van der Waals surface area contributed by atoms with Crippen molar-refractivity contribution in [3.05, 3.63) is 35.9 Å². The first-order valence-electron chi connectivity index (χ1n) is 3.54. The van der Waals surface area contributed by atoms with Crippen molar-refractivity contribution < 1.29 is 17.7 Å². The average Bonchev–Trinajstić information content (AvgIpc) is 2.04. The third-order valence-corrected chi connectivity index (χ3v) is 1.44. The van der Waals surface area contributed by atoms with Crippen LogP contribution in [0.3, 0.4) is 0 Å². The highest BCUT2D eigenvalue weighted by molar-refractivity contribution is 5.14. The SMILES string of the molecule is FN(Cc1ccccc1)C(F)(F)F. The smallest absolute Gasteiger partial charge is 0.153 e. The van der Waals surface area contributed by atoms with Gasteiger partial charge in [0.25, 0.3) is 0 Å². The van der Waals surface area contributed by atoms with Crippen molar-refractivity contribution in [1.82, 2.24) is 5.12 Å². The molecule has 0 bridgehead atoms. The second-order valence-corrected chi connectivity index (χ2v) is 2.47. The van der Waals surface area contributed by atoms with E-state index in [2.05, 4.69) is 0 Å². The van der Waals surface area contributed by atoms with Crippen LogP contribution in [0.5, 0.6) is 0 Å². The van der Waals surface area contributed by atoms with E-state index in [-0.39, 0.29) is 5.56 Å². The molecule has 0 aromatic heterocycles. The van der Waals surface area contributed by atoms with Crippen LogP contribution in [0.1, 0.15) is 5.56 Å². The quantitative estimate of drug-likeness (QED) is 0.396. The first-order chi connectivity index (χ1) is 6.00. The molecule has 1 aromatic rings. The second-order valence-electron chi connectivity index (χ2n) is 2.47. The van der Waals surface area contributed by atoms with E-state index < -0.39 is 18.0 Å². The van der Waals surface area contributed by atoms with E-state index in [9.17, 15) is 17.7 Å². The highest BCUT2D eigenvalue weighted by atomic mass is 19.4. The predicted molar refractivity (Wildman–Crippen MR) is 39.1 cm³/mol. The summed E-state index contributed by atoms with van der Waals surface area (Å²) in [6, 6.07) is 7.62. The standard InChI is InChI=1S/C8H7F4N/c9-8(10,11)13(12)6-7-4-2-1-3-5-7/h1-5H,6H2. The topological polar surface area (TPSA) is 3.24 Å². The zero-order chi connectivity index (χ0) is 9.90. The Bertz CT molecular complexity index is 257. The highest BCUT2D eigenvalue weighted by Crippen LogP contribution is 2.23. The molecule has 0 saturated carbocycles. The molecule has 0 unspecified atom stereocenters. The Morgan fingerprint density at radius 1 is 1.08 bits per heavy atom. The minimum atomic E-state index is -4.92. The molecular formula is C8H7F4N. The fourth-order valence-corrected chi connectivity index (χ4v) is 0.833. The molecule has 0 radical (unpaired) electrons. The Balaban J connectivity index is 2.61. The lowest BCUT2D eigenvalue weighted by molar-refractivity contribution is -0.317. The lowest BCUT2D eigenvalue weighted by Gasteiger charge is -2.14. The van der Waals surface area contributed by atoms with Gasteiger partial charge in [0.2, 0.25) is 0 Å². The third kappa shape index (κ3) is 3.02. The summed E-state index contributed by atoms with van der Waals surface area (Å²) in [5.74, 6) is 0. The maximum atomic E-state index is 12.3. The Morgan fingerprint density at radius 2 is 1.62 bits per heavy atom. The molecule has 0 heterocycles. The Kier molecular flexibility index (Phi) is 2.87.